The third-order valence-electron chi connectivity index (χ3n) is 4.00. The van der Waals surface area contributed by atoms with E-state index in [0.29, 0.717) is 11.6 Å². The van der Waals surface area contributed by atoms with Gasteiger partial charge in [0, 0.05) is 17.0 Å². The molecule has 1 aliphatic rings. The average Bonchev–Trinajstić information content (AvgIpc) is 3.17. The van der Waals surface area contributed by atoms with Gasteiger partial charge in [0.1, 0.15) is 6.54 Å². The largest absolute Gasteiger partial charge is 0.476 e. The first-order valence-electron chi connectivity index (χ1n) is 7.15. The molecule has 1 aromatic carbocycles. The minimum absolute atomic E-state index is 0.0190. The van der Waals surface area contributed by atoms with Crippen molar-refractivity contribution in [3.8, 4) is 0 Å². The lowest BCUT2D eigenvalue weighted by Gasteiger charge is -2.16. The summed E-state index contributed by atoms with van der Waals surface area (Å²) < 4.78 is 1.21. The summed E-state index contributed by atoms with van der Waals surface area (Å²) in [4.78, 5) is 22.7. The Morgan fingerprint density at radius 3 is 2.57 bits per heavy atom. The molecular weight excluding hydrogens is 320 g/mol. The number of carboxylic acid groups (broad SMARTS) is 1. The summed E-state index contributed by atoms with van der Waals surface area (Å²) in [5, 5.41) is 19.4. The van der Waals surface area contributed by atoms with Crippen LogP contribution in [0.15, 0.2) is 30.5 Å². The van der Waals surface area contributed by atoms with Crippen LogP contribution in [0.25, 0.3) is 0 Å². The summed E-state index contributed by atoms with van der Waals surface area (Å²) >= 11 is 5.90. The van der Waals surface area contributed by atoms with Gasteiger partial charge in [-0.15, -0.1) is 5.10 Å². The van der Waals surface area contributed by atoms with Crippen LogP contribution in [0.1, 0.15) is 28.9 Å². The van der Waals surface area contributed by atoms with Gasteiger partial charge in [-0.2, -0.15) is 0 Å². The maximum absolute atomic E-state index is 12.0. The number of hydrogen-bond donors (Lipinski definition) is 2. The molecular formula is C15H15ClN4O3. The Morgan fingerprint density at radius 1 is 1.30 bits per heavy atom. The highest BCUT2D eigenvalue weighted by atomic mass is 35.5. The van der Waals surface area contributed by atoms with Gasteiger partial charge in [0.25, 0.3) is 0 Å². The lowest BCUT2D eigenvalue weighted by molar-refractivity contribution is -0.122. The molecule has 1 aliphatic carbocycles. The SMILES string of the molecule is O=C(Cn1cc(C(=O)O)nn1)NCC1(c2ccc(Cl)cc2)CC1. The highest BCUT2D eigenvalue weighted by molar-refractivity contribution is 6.30. The lowest BCUT2D eigenvalue weighted by Crippen LogP contribution is -2.34. The van der Waals surface area contributed by atoms with Gasteiger partial charge in [0.05, 0.1) is 6.20 Å². The van der Waals surface area contributed by atoms with E-state index in [2.05, 4.69) is 15.6 Å². The highest BCUT2D eigenvalue weighted by Gasteiger charge is 2.44. The molecule has 1 amide bonds. The van der Waals surface area contributed by atoms with Crippen molar-refractivity contribution in [2.45, 2.75) is 24.8 Å². The Hall–Kier alpha value is -2.41. The van der Waals surface area contributed by atoms with Crippen molar-refractivity contribution in [2.75, 3.05) is 6.54 Å². The molecule has 2 N–H and O–H groups in total. The fourth-order valence-electron chi connectivity index (χ4n) is 2.47. The van der Waals surface area contributed by atoms with Gasteiger partial charge >= 0.3 is 5.97 Å². The summed E-state index contributed by atoms with van der Waals surface area (Å²) in [5.74, 6) is -1.40. The molecule has 1 aromatic heterocycles. The monoisotopic (exact) mass is 334 g/mol. The quantitative estimate of drug-likeness (QED) is 0.834. The van der Waals surface area contributed by atoms with E-state index in [9.17, 15) is 9.59 Å². The second-order valence-corrected chi connectivity index (χ2v) is 6.11. The van der Waals surface area contributed by atoms with Crippen molar-refractivity contribution in [1.29, 1.82) is 0 Å². The van der Waals surface area contributed by atoms with E-state index in [1.807, 2.05) is 24.3 Å². The van der Waals surface area contributed by atoms with Gasteiger partial charge in [0.15, 0.2) is 5.69 Å². The van der Waals surface area contributed by atoms with Crippen LogP contribution in [0.3, 0.4) is 0 Å². The molecule has 1 saturated carbocycles. The number of benzene rings is 1. The number of carbonyl (C=O) groups excluding carboxylic acids is 1. The molecule has 0 saturated heterocycles. The van der Waals surface area contributed by atoms with E-state index >= 15 is 0 Å². The zero-order valence-corrected chi connectivity index (χ0v) is 13.0. The topological polar surface area (TPSA) is 97.1 Å². The summed E-state index contributed by atoms with van der Waals surface area (Å²) in [5.41, 5.74) is 0.961. The number of amides is 1. The van der Waals surface area contributed by atoms with Gasteiger partial charge in [-0.1, -0.05) is 28.9 Å². The molecule has 0 atom stereocenters. The molecule has 7 nitrogen and oxygen atoms in total. The smallest absolute Gasteiger partial charge is 0.358 e. The maximum atomic E-state index is 12.0. The first kappa shape index (κ1) is 15.5. The summed E-state index contributed by atoms with van der Waals surface area (Å²) in [6.07, 6.45) is 3.26. The molecule has 0 spiro atoms. The standard InChI is InChI=1S/C15H15ClN4O3/c16-11-3-1-10(2-4-11)15(5-6-15)9-17-13(21)8-20-7-12(14(22)23)18-19-20/h1-4,7H,5-6,8-9H2,(H,17,21)(H,22,23). The van der Waals surface area contributed by atoms with Crippen molar-refractivity contribution in [2.24, 2.45) is 0 Å². The number of carboxylic acids is 1. The van der Waals surface area contributed by atoms with E-state index < -0.39 is 5.97 Å². The normalized spacial score (nSPS) is 15.2. The van der Waals surface area contributed by atoms with Crippen molar-refractivity contribution < 1.29 is 14.7 Å². The maximum Gasteiger partial charge on any atom is 0.358 e. The summed E-state index contributed by atoms with van der Waals surface area (Å²) in [7, 11) is 0. The molecule has 0 unspecified atom stereocenters. The molecule has 1 fully saturated rings. The van der Waals surface area contributed by atoms with E-state index in [-0.39, 0.29) is 23.6 Å². The van der Waals surface area contributed by atoms with Crippen LogP contribution in [0.4, 0.5) is 0 Å². The number of rotatable bonds is 6. The minimum Gasteiger partial charge on any atom is -0.476 e. The molecule has 0 aliphatic heterocycles. The average molecular weight is 335 g/mol. The molecule has 1 heterocycles. The summed E-state index contributed by atoms with van der Waals surface area (Å²) in [6, 6.07) is 7.67. The molecule has 0 radical (unpaired) electrons. The Morgan fingerprint density at radius 2 is 2.00 bits per heavy atom. The van der Waals surface area contributed by atoms with E-state index in [4.69, 9.17) is 16.7 Å². The molecule has 8 heteroatoms. The van der Waals surface area contributed by atoms with E-state index in [0.717, 1.165) is 18.4 Å². The van der Waals surface area contributed by atoms with Crippen LogP contribution in [0, 0.1) is 0 Å². The zero-order valence-electron chi connectivity index (χ0n) is 12.2. The van der Waals surface area contributed by atoms with E-state index in [1.165, 1.54) is 10.9 Å². The van der Waals surface area contributed by atoms with Crippen LogP contribution < -0.4 is 5.32 Å². The zero-order chi connectivity index (χ0) is 16.4. The minimum atomic E-state index is -1.17. The predicted molar refractivity (Wildman–Crippen MR) is 82.4 cm³/mol. The fourth-order valence-corrected chi connectivity index (χ4v) is 2.59. The fraction of sp³-hybridized carbons (Fsp3) is 0.333. The molecule has 0 bridgehead atoms. The van der Waals surface area contributed by atoms with Gasteiger partial charge in [-0.3, -0.25) is 4.79 Å². The first-order valence-corrected chi connectivity index (χ1v) is 7.52. The first-order chi connectivity index (χ1) is 11.0. The number of carbonyl (C=O) groups is 2. The Labute approximate surface area is 137 Å². The van der Waals surface area contributed by atoms with Crippen LogP contribution in [0.2, 0.25) is 5.02 Å². The summed E-state index contributed by atoms with van der Waals surface area (Å²) in [6.45, 7) is 0.477. The van der Waals surface area contributed by atoms with Crippen molar-refractivity contribution in [3.63, 3.8) is 0 Å². The van der Waals surface area contributed by atoms with E-state index in [1.54, 1.807) is 0 Å². The van der Waals surface area contributed by atoms with Crippen molar-refractivity contribution in [3.05, 3.63) is 46.7 Å². The van der Waals surface area contributed by atoms with Gasteiger partial charge in [-0.05, 0) is 30.5 Å². The Bertz CT molecular complexity index is 737. The number of hydrogen-bond acceptors (Lipinski definition) is 4. The lowest BCUT2D eigenvalue weighted by atomic mass is 9.96. The highest BCUT2D eigenvalue weighted by Crippen LogP contribution is 2.47. The Kier molecular flexibility index (Phi) is 4.04. The van der Waals surface area contributed by atoms with Crippen LogP contribution in [0.5, 0.6) is 0 Å². The molecule has 23 heavy (non-hydrogen) atoms. The Balaban J connectivity index is 1.56. The second kappa shape index (κ2) is 6.00. The van der Waals surface area contributed by atoms with Crippen LogP contribution >= 0.6 is 11.6 Å². The molecule has 120 valence electrons. The second-order valence-electron chi connectivity index (χ2n) is 5.67. The molecule has 3 rings (SSSR count). The number of nitrogens with zero attached hydrogens (tertiary/aromatic N) is 3. The number of aromatic carboxylic acids is 1. The number of aromatic nitrogens is 3. The van der Waals surface area contributed by atoms with Crippen molar-refractivity contribution in [1.82, 2.24) is 20.3 Å². The predicted octanol–water partition coefficient (Wildman–Crippen LogP) is 1.48. The number of nitrogens with one attached hydrogen (secondary N) is 1. The third-order valence-corrected chi connectivity index (χ3v) is 4.25. The van der Waals surface area contributed by atoms with Gasteiger partial charge in [-0.25, -0.2) is 9.48 Å². The van der Waals surface area contributed by atoms with Crippen molar-refractivity contribution >= 4 is 23.5 Å². The van der Waals surface area contributed by atoms with Crippen LogP contribution in [-0.4, -0.2) is 38.5 Å². The van der Waals surface area contributed by atoms with Gasteiger partial charge < -0.3 is 10.4 Å². The molecule has 2 aromatic rings. The number of halogens is 1. The third kappa shape index (κ3) is 3.50. The van der Waals surface area contributed by atoms with Gasteiger partial charge in [0.2, 0.25) is 5.91 Å². The van der Waals surface area contributed by atoms with Crippen LogP contribution in [-0.2, 0) is 16.8 Å².